The monoisotopic (exact) mass is 277 g/mol. The molecule has 0 aliphatic carbocycles. The van der Waals surface area contributed by atoms with E-state index in [1.54, 1.807) is 0 Å². The molecule has 1 aliphatic heterocycles. The number of nitrogens with one attached hydrogen (secondary N) is 1. The third-order valence-corrected chi connectivity index (χ3v) is 3.21. The van der Waals surface area contributed by atoms with E-state index in [4.69, 9.17) is 5.11 Å². The van der Waals surface area contributed by atoms with E-state index >= 15 is 0 Å². The minimum absolute atomic E-state index is 0.258. The Hall–Kier alpha value is -1.57. The summed E-state index contributed by atoms with van der Waals surface area (Å²) in [6.07, 6.45) is -2.34. The smallest absolute Gasteiger partial charge is 0.387 e. The Morgan fingerprint density at radius 2 is 2.26 bits per heavy atom. The van der Waals surface area contributed by atoms with Crippen LogP contribution in [0.4, 0.5) is 13.2 Å². The predicted molar refractivity (Wildman–Crippen MR) is 59.0 cm³/mol. The molecule has 2 rings (SSSR count). The first kappa shape index (κ1) is 13.9. The second kappa shape index (κ2) is 5.20. The number of likely N-dealkylation sites (tertiary alicyclic amines) is 1. The van der Waals surface area contributed by atoms with Crippen molar-refractivity contribution in [2.24, 2.45) is 0 Å². The molecule has 0 spiro atoms. The highest BCUT2D eigenvalue weighted by Gasteiger charge is 2.36. The number of alkyl halides is 3. The Bertz CT molecular complexity index is 458. The Kier molecular flexibility index (Phi) is 3.79. The molecule has 1 saturated heterocycles. The topological polar surface area (TPSA) is 69.2 Å². The van der Waals surface area contributed by atoms with Gasteiger partial charge in [0.15, 0.2) is 5.69 Å². The van der Waals surface area contributed by atoms with Crippen LogP contribution in [-0.4, -0.2) is 39.3 Å². The van der Waals surface area contributed by atoms with Crippen molar-refractivity contribution in [2.75, 3.05) is 13.2 Å². The quantitative estimate of drug-likeness (QED) is 0.860. The molecule has 5 nitrogen and oxygen atoms in total. The van der Waals surface area contributed by atoms with Crippen LogP contribution in [-0.2, 0) is 11.0 Å². The number of halogens is 3. The summed E-state index contributed by atoms with van der Waals surface area (Å²) in [4.78, 5) is 13.0. The van der Waals surface area contributed by atoms with Crippen molar-refractivity contribution >= 4 is 5.91 Å². The average Bonchev–Trinajstić information content (AvgIpc) is 2.87. The zero-order chi connectivity index (χ0) is 14.0. The molecular weight excluding hydrogens is 263 g/mol. The summed E-state index contributed by atoms with van der Waals surface area (Å²) in [6.45, 7) is -0.207. The lowest BCUT2D eigenvalue weighted by molar-refractivity contribution is -0.141. The van der Waals surface area contributed by atoms with Gasteiger partial charge in [0.05, 0.1) is 11.7 Å². The van der Waals surface area contributed by atoms with Crippen LogP contribution in [0.3, 0.4) is 0 Å². The van der Waals surface area contributed by atoms with Crippen molar-refractivity contribution in [2.45, 2.75) is 31.5 Å². The van der Waals surface area contributed by atoms with E-state index in [1.165, 1.54) is 4.90 Å². The van der Waals surface area contributed by atoms with E-state index in [0.29, 0.717) is 13.0 Å². The molecule has 8 heteroatoms. The third kappa shape index (κ3) is 2.89. The van der Waals surface area contributed by atoms with Gasteiger partial charge < -0.3 is 10.0 Å². The highest BCUT2D eigenvalue weighted by Crippen LogP contribution is 2.33. The van der Waals surface area contributed by atoms with Gasteiger partial charge in [-0.2, -0.15) is 18.3 Å². The van der Waals surface area contributed by atoms with Gasteiger partial charge in [-0.15, -0.1) is 0 Å². The lowest BCUT2D eigenvalue weighted by Gasteiger charge is -2.34. The Morgan fingerprint density at radius 1 is 1.53 bits per heavy atom. The van der Waals surface area contributed by atoms with Crippen molar-refractivity contribution < 1.29 is 23.1 Å². The molecule has 1 aromatic rings. The predicted octanol–water partition coefficient (Wildman–Crippen LogP) is 1.47. The Morgan fingerprint density at radius 3 is 2.84 bits per heavy atom. The zero-order valence-electron chi connectivity index (χ0n) is 10.1. The summed E-state index contributed by atoms with van der Waals surface area (Å²) in [7, 11) is 0. The lowest BCUT2D eigenvalue weighted by Crippen LogP contribution is -2.40. The van der Waals surface area contributed by atoms with Crippen molar-refractivity contribution in [3.8, 4) is 0 Å². The standard InChI is InChI=1S/C11H14F3N3O2/c12-11(13,14)9-5-7(15-16-9)8-3-1-2-4-17(8)10(19)6-18/h5,8,18H,1-4,6H2,(H,15,16). The Balaban J connectivity index is 2.23. The molecule has 0 aromatic carbocycles. The number of carbonyl (C=O) groups excluding carboxylic acids is 1. The summed E-state index contributed by atoms with van der Waals surface area (Å²) < 4.78 is 37.5. The number of hydrogen-bond donors (Lipinski definition) is 2. The molecule has 1 fully saturated rings. The lowest BCUT2D eigenvalue weighted by atomic mass is 9.99. The molecule has 1 aromatic heterocycles. The maximum Gasteiger partial charge on any atom is 0.435 e. The molecule has 1 unspecified atom stereocenters. The number of aliphatic hydroxyl groups excluding tert-OH is 1. The second-order valence-electron chi connectivity index (χ2n) is 4.46. The largest absolute Gasteiger partial charge is 0.435 e. The summed E-state index contributed by atoms with van der Waals surface area (Å²) >= 11 is 0. The van der Waals surface area contributed by atoms with E-state index in [9.17, 15) is 18.0 Å². The van der Waals surface area contributed by atoms with Gasteiger partial charge in [0.25, 0.3) is 0 Å². The minimum atomic E-state index is -4.50. The molecule has 106 valence electrons. The maximum absolute atomic E-state index is 12.5. The molecule has 1 aliphatic rings. The average molecular weight is 277 g/mol. The molecule has 2 N–H and O–H groups in total. The van der Waals surface area contributed by atoms with Crippen LogP contribution < -0.4 is 0 Å². The first-order valence-corrected chi connectivity index (χ1v) is 5.96. The first-order valence-electron chi connectivity index (χ1n) is 5.96. The molecule has 1 atom stereocenters. The van der Waals surface area contributed by atoms with Crippen LogP contribution in [0.15, 0.2) is 6.07 Å². The fourth-order valence-electron chi connectivity index (χ4n) is 2.30. The van der Waals surface area contributed by atoms with Crippen LogP contribution >= 0.6 is 0 Å². The van der Waals surface area contributed by atoms with E-state index in [0.717, 1.165) is 18.9 Å². The number of amides is 1. The van der Waals surface area contributed by atoms with Crippen LogP contribution in [0.5, 0.6) is 0 Å². The number of hydrogen-bond acceptors (Lipinski definition) is 3. The Labute approximate surface area is 107 Å². The molecule has 0 radical (unpaired) electrons. The summed E-state index contributed by atoms with van der Waals surface area (Å²) in [6, 6.07) is 0.449. The van der Waals surface area contributed by atoms with Crippen LogP contribution in [0.25, 0.3) is 0 Å². The second-order valence-corrected chi connectivity index (χ2v) is 4.46. The van der Waals surface area contributed by atoms with Crippen molar-refractivity contribution in [3.05, 3.63) is 17.5 Å². The normalized spacial score (nSPS) is 20.6. The third-order valence-electron chi connectivity index (χ3n) is 3.21. The van der Waals surface area contributed by atoms with Gasteiger partial charge in [0.1, 0.15) is 6.61 Å². The van der Waals surface area contributed by atoms with Crippen molar-refractivity contribution in [1.82, 2.24) is 15.1 Å². The van der Waals surface area contributed by atoms with Gasteiger partial charge in [-0.05, 0) is 25.3 Å². The summed E-state index contributed by atoms with van der Waals surface area (Å²) in [5, 5.41) is 14.5. The highest BCUT2D eigenvalue weighted by molar-refractivity contribution is 5.77. The number of carbonyl (C=O) groups is 1. The fraction of sp³-hybridized carbons (Fsp3) is 0.636. The maximum atomic E-state index is 12.5. The number of aliphatic hydroxyl groups is 1. The van der Waals surface area contributed by atoms with E-state index in [-0.39, 0.29) is 5.69 Å². The molecule has 0 bridgehead atoms. The zero-order valence-corrected chi connectivity index (χ0v) is 10.1. The van der Waals surface area contributed by atoms with Gasteiger partial charge in [-0.3, -0.25) is 9.89 Å². The van der Waals surface area contributed by atoms with Crippen molar-refractivity contribution in [1.29, 1.82) is 0 Å². The molecule has 19 heavy (non-hydrogen) atoms. The number of nitrogens with zero attached hydrogens (tertiary/aromatic N) is 2. The molecule has 0 saturated carbocycles. The molecular formula is C11H14F3N3O2. The van der Waals surface area contributed by atoms with Gasteiger partial charge in [-0.1, -0.05) is 0 Å². The van der Waals surface area contributed by atoms with Gasteiger partial charge in [-0.25, -0.2) is 0 Å². The summed E-state index contributed by atoms with van der Waals surface area (Å²) in [5.41, 5.74) is -0.738. The van der Waals surface area contributed by atoms with Crippen molar-refractivity contribution in [3.63, 3.8) is 0 Å². The van der Waals surface area contributed by atoms with Gasteiger partial charge >= 0.3 is 6.18 Å². The number of piperidine rings is 1. The number of rotatable bonds is 2. The highest BCUT2D eigenvalue weighted by atomic mass is 19.4. The van der Waals surface area contributed by atoms with Crippen LogP contribution in [0.1, 0.15) is 36.7 Å². The minimum Gasteiger partial charge on any atom is -0.387 e. The van der Waals surface area contributed by atoms with Crippen LogP contribution in [0.2, 0.25) is 0 Å². The number of aromatic amines is 1. The van der Waals surface area contributed by atoms with E-state index in [1.807, 2.05) is 0 Å². The van der Waals surface area contributed by atoms with E-state index < -0.39 is 30.4 Å². The van der Waals surface area contributed by atoms with E-state index in [2.05, 4.69) is 10.2 Å². The SMILES string of the molecule is O=C(CO)N1CCCCC1c1cc(C(F)(F)F)n[nH]1. The molecule has 1 amide bonds. The number of H-pyrrole nitrogens is 1. The number of aromatic nitrogens is 2. The summed E-state index contributed by atoms with van der Waals surface area (Å²) in [5.74, 6) is -0.479. The van der Waals surface area contributed by atoms with Crippen LogP contribution in [0, 0.1) is 0 Å². The van der Waals surface area contributed by atoms with Gasteiger partial charge in [0, 0.05) is 6.54 Å². The first-order chi connectivity index (χ1) is 8.93. The fourth-order valence-corrected chi connectivity index (χ4v) is 2.30. The molecule has 2 heterocycles. The van der Waals surface area contributed by atoms with Gasteiger partial charge in [0.2, 0.25) is 5.91 Å².